The number of nitrogens with zero attached hydrogens (tertiary/aromatic N) is 5. The van der Waals surface area contributed by atoms with Crippen LogP contribution in [0.15, 0.2) is 55.0 Å². The van der Waals surface area contributed by atoms with Crippen molar-refractivity contribution in [3.05, 3.63) is 72.2 Å². The molecule has 1 aliphatic heterocycles. The molecule has 0 unspecified atom stereocenters. The topological polar surface area (TPSA) is 98.6 Å². The first-order valence-corrected chi connectivity index (χ1v) is 10.4. The number of aromatic nitrogens is 4. The van der Waals surface area contributed by atoms with E-state index in [1.54, 1.807) is 37.4 Å². The minimum atomic E-state index is -0.537. The number of halogens is 2. The molecule has 0 radical (unpaired) electrons. The van der Waals surface area contributed by atoms with Crippen LogP contribution in [-0.4, -0.2) is 38.1 Å². The van der Waals surface area contributed by atoms with Gasteiger partial charge in [-0.2, -0.15) is 0 Å². The standard InChI is InChI=1S/C23H20F2N6O2/c1-13(15-6-16(24)10-27-9-15)33-22-5-4-21-28-11-20(31(21)29-22)14-2-3-19(18(25)7-14)30-12-17(26)8-23(30)32/h2-7,9-11,13,17H,8,12,26H2,1H3/t13-,17+/m1/s1. The predicted octanol–water partition coefficient (Wildman–Crippen LogP) is 3.27. The van der Waals surface area contributed by atoms with E-state index >= 15 is 0 Å². The van der Waals surface area contributed by atoms with Gasteiger partial charge >= 0.3 is 0 Å². The number of anilines is 1. The summed E-state index contributed by atoms with van der Waals surface area (Å²) in [5.41, 5.74) is 8.21. The van der Waals surface area contributed by atoms with Gasteiger partial charge in [0.1, 0.15) is 17.7 Å². The number of hydrogen-bond acceptors (Lipinski definition) is 6. The van der Waals surface area contributed by atoms with Gasteiger partial charge in [-0.15, -0.1) is 5.10 Å². The number of benzene rings is 1. The maximum Gasteiger partial charge on any atom is 0.232 e. The number of ether oxygens (including phenoxy) is 1. The Morgan fingerprint density at radius 1 is 1.15 bits per heavy atom. The van der Waals surface area contributed by atoms with Gasteiger partial charge in [0.15, 0.2) is 5.65 Å². The van der Waals surface area contributed by atoms with Crippen LogP contribution in [0.3, 0.4) is 0 Å². The molecular weight excluding hydrogens is 430 g/mol. The zero-order valence-corrected chi connectivity index (χ0v) is 17.7. The molecule has 0 aliphatic carbocycles. The molecule has 0 spiro atoms. The van der Waals surface area contributed by atoms with Crippen LogP contribution in [0.5, 0.6) is 5.88 Å². The van der Waals surface area contributed by atoms with Crippen LogP contribution in [0.25, 0.3) is 16.9 Å². The van der Waals surface area contributed by atoms with Crippen LogP contribution in [0, 0.1) is 11.6 Å². The van der Waals surface area contributed by atoms with E-state index in [-0.39, 0.29) is 36.5 Å². The molecule has 0 bridgehead atoms. The molecule has 10 heteroatoms. The number of fused-ring (bicyclic) bond motifs is 1. The van der Waals surface area contributed by atoms with E-state index in [0.717, 1.165) is 6.20 Å². The Morgan fingerprint density at radius 3 is 2.73 bits per heavy atom. The Morgan fingerprint density at radius 2 is 2.00 bits per heavy atom. The Balaban J connectivity index is 1.44. The Kier molecular flexibility index (Phi) is 5.21. The highest BCUT2D eigenvalue weighted by molar-refractivity contribution is 5.96. The number of hydrogen-bond donors (Lipinski definition) is 1. The number of carbonyl (C=O) groups excluding carboxylic acids is 1. The fourth-order valence-electron chi connectivity index (χ4n) is 3.87. The zero-order valence-electron chi connectivity index (χ0n) is 17.7. The van der Waals surface area contributed by atoms with Crippen molar-refractivity contribution in [2.24, 2.45) is 5.73 Å². The second kappa shape index (κ2) is 8.21. The lowest BCUT2D eigenvalue weighted by atomic mass is 10.1. The summed E-state index contributed by atoms with van der Waals surface area (Å²) < 4.78 is 35.8. The maximum atomic E-state index is 14.9. The van der Waals surface area contributed by atoms with Gasteiger partial charge in [0.25, 0.3) is 0 Å². The van der Waals surface area contributed by atoms with Crippen molar-refractivity contribution in [1.29, 1.82) is 0 Å². The number of pyridine rings is 1. The first-order chi connectivity index (χ1) is 15.9. The molecule has 4 heterocycles. The van der Waals surface area contributed by atoms with Gasteiger partial charge < -0.3 is 15.4 Å². The van der Waals surface area contributed by atoms with E-state index in [2.05, 4.69) is 15.1 Å². The van der Waals surface area contributed by atoms with E-state index < -0.39 is 17.7 Å². The third-order valence-electron chi connectivity index (χ3n) is 5.52. The first-order valence-electron chi connectivity index (χ1n) is 10.4. The molecule has 168 valence electrons. The summed E-state index contributed by atoms with van der Waals surface area (Å²) in [6, 6.07) is 9.02. The Labute approximate surface area is 187 Å². The lowest BCUT2D eigenvalue weighted by molar-refractivity contribution is -0.117. The summed E-state index contributed by atoms with van der Waals surface area (Å²) in [6.07, 6.45) is 3.93. The molecule has 2 atom stereocenters. The summed E-state index contributed by atoms with van der Waals surface area (Å²) in [7, 11) is 0. The first kappa shape index (κ1) is 21.0. The lowest BCUT2D eigenvalue weighted by Crippen LogP contribution is -2.28. The number of imidazole rings is 1. The predicted molar refractivity (Wildman–Crippen MR) is 117 cm³/mol. The van der Waals surface area contributed by atoms with E-state index in [0.29, 0.717) is 22.5 Å². The molecule has 5 rings (SSSR count). The minimum Gasteiger partial charge on any atom is -0.469 e. The Bertz CT molecular complexity index is 1360. The van der Waals surface area contributed by atoms with E-state index in [1.807, 2.05) is 0 Å². The van der Waals surface area contributed by atoms with Gasteiger partial charge in [0, 0.05) is 42.4 Å². The van der Waals surface area contributed by atoms with Crippen LogP contribution in [0.2, 0.25) is 0 Å². The SMILES string of the molecule is C[C@@H](Oc1ccc2ncc(-c3ccc(N4C[C@@H](N)CC4=O)c(F)c3)n2n1)c1cncc(F)c1. The van der Waals surface area contributed by atoms with Crippen molar-refractivity contribution in [2.75, 3.05) is 11.4 Å². The van der Waals surface area contributed by atoms with Gasteiger partial charge in [-0.1, -0.05) is 6.07 Å². The largest absolute Gasteiger partial charge is 0.469 e. The average Bonchev–Trinajstić information content (AvgIpc) is 3.35. The molecule has 3 aromatic heterocycles. The summed E-state index contributed by atoms with van der Waals surface area (Å²) in [5, 5.41) is 4.47. The van der Waals surface area contributed by atoms with Crippen LogP contribution < -0.4 is 15.4 Å². The smallest absolute Gasteiger partial charge is 0.232 e. The molecular formula is C23H20F2N6O2. The maximum absolute atomic E-state index is 14.9. The fraction of sp³-hybridized carbons (Fsp3) is 0.217. The normalized spacial score (nSPS) is 17.0. The third kappa shape index (κ3) is 4.00. The summed E-state index contributed by atoms with van der Waals surface area (Å²) in [5.74, 6) is -0.904. The fourth-order valence-corrected chi connectivity index (χ4v) is 3.87. The van der Waals surface area contributed by atoms with Gasteiger partial charge in [-0.25, -0.2) is 18.3 Å². The molecule has 4 aromatic rings. The van der Waals surface area contributed by atoms with Crippen molar-refractivity contribution in [3.63, 3.8) is 0 Å². The van der Waals surface area contributed by atoms with Crippen molar-refractivity contribution >= 4 is 17.2 Å². The number of nitrogens with two attached hydrogens (primary N) is 1. The van der Waals surface area contributed by atoms with Crippen molar-refractivity contribution < 1.29 is 18.3 Å². The number of carbonyl (C=O) groups is 1. The average molecular weight is 450 g/mol. The second-order valence-electron chi connectivity index (χ2n) is 7.92. The Hall–Kier alpha value is -3.92. The molecule has 2 N–H and O–H groups in total. The van der Waals surface area contributed by atoms with Gasteiger partial charge in [0.2, 0.25) is 11.8 Å². The third-order valence-corrected chi connectivity index (χ3v) is 5.52. The van der Waals surface area contributed by atoms with Crippen molar-refractivity contribution in [2.45, 2.75) is 25.5 Å². The molecule has 1 aromatic carbocycles. The molecule has 0 saturated carbocycles. The van der Waals surface area contributed by atoms with E-state index in [1.165, 1.54) is 27.7 Å². The van der Waals surface area contributed by atoms with Crippen molar-refractivity contribution in [3.8, 4) is 17.1 Å². The number of amides is 1. The monoisotopic (exact) mass is 450 g/mol. The van der Waals surface area contributed by atoms with Gasteiger partial charge in [0.05, 0.1) is 23.8 Å². The summed E-state index contributed by atoms with van der Waals surface area (Å²) in [4.78, 5) is 21.6. The van der Waals surface area contributed by atoms with E-state index in [9.17, 15) is 13.6 Å². The van der Waals surface area contributed by atoms with Crippen LogP contribution in [-0.2, 0) is 4.79 Å². The highest BCUT2D eigenvalue weighted by Crippen LogP contribution is 2.30. The van der Waals surface area contributed by atoms with Crippen LogP contribution in [0.1, 0.15) is 25.0 Å². The zero-order chi connectivity index (χ0) is 23.1. The molecule has 1 aliphatic rings. The van der Waals surface area contributed by atoms with Gasteiger partial charge in [-0.05, 0) is 31.2 Å². The van der Waals surface area contributed by atoms with Crippen LogP contribution >= 0.6 is 0 Å². The molecule has 1 fully saturated rings. The van der Waals surface area contributed by atoms with Crippen molar-refractivity contribution in [1.82, 2.24) is 19.6 Å². The van der Waals surface area contributed by atoms with Gasteiger partial charge in [-0.3, -0.25) is 9.78 Å². The molecule has 1 saturated heterocycles. The molecule has 33 heavy (non-hydrogen) atoms. The summed E-state index contributed by atoms with van der Waals surface area (Å²) in [6.45, 7) is 2.04. The molecule has 1 amide bonds. The highest BCUT2D eigenvalue weighted by atomic mass is 19.1. The minimum absolute atomic E-state index is 0.194. The lowest BCUT2D eigenvalue weighted by Gasteiger charge is -2.17. The van der Waals surface area contributed by atoms with Crippen LogP contribution in [0.4, 0.5) is 14.5 Å². The highest BCUT2D eigenvalue weighted by Gasteiger charge is 2.30. The van der Waals surface area contributed by atoms with E-state index in [4.69, 9.17) is 10.5 Å². The second-order valence-corrected chi connectivity index (χ2v) is 7.92. The quantitative estimate of drug-likeness (QED) is 0.501. The summed E-state index contributed by atoms with van der Waals surface area (Å²) >= 11 is 0. The molecule has 8 nitrogen and oxygen atoms in total. The number of rotatable bonds is 5.